The molecule has 7 heteroatoms. The number of nitrogens with zero attached hydrogens (tertiary/aromatic N) is 2. The third-order valence-electron chi connectivity index (χ3n) is 4.15. The third kappa shape index (κ3) is 2.70. The maximum Gasteiger partial charge on any atom is 0.331 e. The topological polar surface area (TPSA) is 76.3 Å². The summed E-state index contributed by atoms with van der Waals surface area (Å²) in [6, 6.07) is 4.50. The predicted octanol–water partition coefficient (Wildman–Crippen LogP) is 1.39. The Kier molecular flexibility index (Phi) is 5.08. The molecule has 0 saturated carbocycles. The first kappa shape index (κ1) is 16.8. The summed E-state index contributed by atoms with van der Waals surface area (Å²) >= 11 is 0. The van der Waals surface area contributed by atoms with E-state index in [9.17, 15) is 14.7 Å². The van der Waals surface area contributed by atoms with Gasteiger partial charge in [0.25, 0.3) is 5.56 Å². The summed E-state index contributed by atoms with van der Waals surface area (Å²) in [7, 11) is 0. The molecule has 1 fully saturated rings. The zero-order valence-electron chi connectivity index (χ0n) is 12.4. The smallest absolute Gasteiger partial charge is 0.331 e. The Morgan fingerprint density at radius 3 is 2.59 bits per heavy atom. The molecule has 1 saturated heterocycles. The third-order valence-corrected chi connectivity index (χ3v) is 4.15. The van der Waals surface area contributed by atoms with E-state index in [-0.39, 0.29) is 40.0 Å². The van der Waals surface area contributed by atoms with Crippen molar-refractivity contribution in [3.8, 4) is 5.75 Å². The molecule has 0 bridgehead atoms. The van der Waals surface area contributed by atoms with Crippen molar-refractivity contribution in [2.24, 2.45) is 0 Å². The molecule has 0 radical (unpaired) electrons. The molecule has 1 aromatic heterocycles. The Labute approximate surface area is 138 Å². The van der Waals surface area contributed by atoms with Crippen molar-refractivity contribution < 1.29 is 5.11 Å². The number of phenols is 1. The number of phenolic OH excluding ortho intramolecular Hbond substituents is 1. The molecule has 6 nitrogen and oxygen atoms in total. The Morgan fingerprint density at radius 1 is 1.27 bits per heavy atom. The van der Waals surface area contributed by atoms with Crippen molar-refractivity contribution in [2.45, 2.75) is 32.4 Å². The number of fused-ring (bicyclic) bond motifs is 1. The second-order valence-electron chi connectivity index (χ2n) is 5.38. The van der Waals surface area contributed by atoms with Crippen molar-refractivity contribution in [1.82, 2.24) is 14.5 Å². The Hall–Kier alpha value is -1.60. The molecule has 0 atom stereocenters. The molecule has 1 aromatic carbocycles. The summed E-state index contributed by atoms with van der Waals surface area (Å²) in [4.78, 5) is 25.3. The number of aromatic hydroxyl groups is 1. The fraction of sp³-hybridized carbons (Fsp3) is 0.467. The van der Waals surface area contributed by atoms with Crippen LogP contribution in [0.4, 0.5) is 0 Å². The number of piperidine rings is 1. The summed E-state index contributed by atoms with van der Waals surface area (Å²) in [6.07, 6.45) is 1.53. The molecule has 0 aliphatic carbocycles. The molecule has 2 aromatic rings. The van der Waals surface area contributed by atoms with E-state index < -0.39 is 0 Å². The molecule has 1 aliphatic rings. The number of hydrogen-bond acceptors (Lipinski definition) is 4. The van der Waals surface area contributed by atoms with E-state index in [1.807, 2.05) is 6.92 Å². The molecule has 2 N–H and O–H groups in total. The van der Waals surface area contributed by atoms with Crippen LogP contribution in [0.25, 0.3) is 10.9 Å². The van der Waals surface area contributed by atoms with Crippen LogP contribution in [0, 0.1) is 0 Å². The van der Waals surface area contributed by atoms with Gasteiger partial charge in [-0.2, -0.15) is 0 Å². The number of halogens is 1. The first-order chi connectivity index (χ1) is 10.1. The van der Waals surface area contributed by atoms with Crippen molar-refractivity contribution in [2.75, 3.05) is 13.1 Å². The Balaban J connectivity index is 0.00000176. The summed E-state index contributed by atoms with van der Waals surface area (Å²) < 4.78 is 2.96. The number of benzene rings is 1. The minimum atomic E-state index is -0.303. The molecule has 22 heavy (non-hydrogen) atoms. The van der Waals surface area contributed by atoms with Crippen LogP contribution in [0.2, 0.25) is 0 Å². The predicted molar refractivity (Wildman–Crippen MR) is 91.3 cm³/mol. The summed E-state index contributed by atoms with van der Waals surface area (Å²) in [5.41, 5.74) is 0.0191. The summed E-state index contributed by atoms with van der Waals surface area (Å²) in [5, 5.41) is 13.3. The lowest BCUT2D eigenvalue weighted by atomic mass is 10.1. The highest BCUT2D eigenvalue weighted by Crippen LogP contribution is 2.19. The SMILES string of the molecule is Br.CCn1c(=O)n(C2CCNCC2)c(=O)c2cc(O)ccc21. The maximum absolute atomic E-state index is 12.7. The van der Waals surface area contributed by atoms with E-state index >= 15 is 0 Å². The summed E-state index contributed by atoms with van der Waals surface area (Å²) in [5.74, 6) is 0.0396. The average molecular weight is 370 g/mol. The quantitative estimate of drug-likeness (QED) is 0.838. The monoisotopic (exact) mass is 369 g/mol. The number of hydrogen-bond donors (Lipinski definition) is 2. The van der Waals surface area contributed by atoms with Crippen molar-refractivity contribution >= 4 is 27.9 Å². The van der Waals surface area contributed by atoms with Gasteiger partial charge in [-0.1, -0.05) is 0 Å². The number of nitrogens with one attached hydrogen (secondary N) is 1. The molecular formula is C15H20BrN3O3. The van der Waals surface area contributed by atoms with E-state index in [1.165, 1.54) is 16.7 Å². The van der Waals surface area contributed by atoms with Crippen molar-refractivity contribution in [3.05, 3.63) is 39.0 Å². The van der Waals surface area contributed by atoms with Gasteiger partial charge in [0.1, 0.15) is 5.75 Å². The molecular weight excluding hydrogens is 350 g/mol. The van der Waals surface area contributed by atoms with Gasteiger partial charge in [0, 0.05) is 12.6 Å². The second kappa shape index (κ2) is 6.66. The van der Waals surface area contributed by atoms with E-state index in [4.69, 9.17) is 0 Å². The fourth-order valence-corrected chi connectivity index (χ4v) is 3.07. The number of aryl methyl sites for hydroxylation is 1. The second-order valence-corrected chi connectivity index (χ2v) is 5.38. The van der Waals surface area contributed by atoms with Gasteiger partial charge in [0.05, 0.1) is 10.9 Å². The lowest BCUT2D eigenvalue weighted by Crippen LogP contribution is -2.45. The first-order valence-electron chi connectivity index (χ1n) is 7.32. The van der Waals surface area contributed by atoms with E-state index in [1.54, 1.807) is 10.6 Å². The van der Waals surface area contributed by atoms with Gasteiger partial charge in [-0.3, -0.25) is 13.9 Å². The van der Waals surface area contributed by atoms with E-state index in [0.29, 0.717) is 17.4 Å². The maximum atomic E-state index is 12.7. The summed E-state index contributed by atoms with van der Waals surface area (Å²) in [6.45, 7) is 3.98. The normalized spacial score (nSPS) is 15.7. The van der Waals surface area contributed by atoms with Crippen LogP contribution in [0.15, 0.2) is 27.8 Å². The lowest BCUT2D eigenvalue weighted by Gasteiger charge is -2.25. The lowest BCUT2D eigenvalue weighted by molar-refractivity contribution is 0.346. The first-order valence-corrected chi connectivity index (χ1v) is 7.32. The molecule has 3 rings (SSSR count). The Bertz CT molecular complexity index is 791. The van der Waals surface area contributed by atoms with Crippen LogP contribution >= 0.6 is 17.0 Å². The molecule has 1 aliphatic heterocycles. The van der Waals surface area contributed by atoms with Crippen LogP contribution in [0.1, 0.15) is 25.8 Å². The van der Waals surface area contributed by atoms with Crippen LogP contribution in [-0.4, -0.2) is 27.3 Å². The molecule has 120 valence electrons. The molecule has 0 spiro atoms. The van der Waals surface area contributed by atoms with Gasteiger partial charge < -0.3 is 10.4 Å². The molecule has 0 unspecified atom stereocenters. The van der Waals surface area contributed by atoms with Gasteiger partial charge in [-0.15, -0.1) is 17.0 Å². The highest BCUT2D eigenvalue weighted by Gasteiger charge is 2.21. The number of aromatic nitrogens is 2. The van der Waals surface area contributed by atoms with Gasteiger partial charge in [0.2, 0.25) is 0 Å². The highest BCUT2D eigenvalue weighted by molar-refractivity contribution is 8.93. The fourth-order valence-electron chi connectivity index (χ4n) is 3.07. The number of rotatable bonds is 2. The zero-order valence-corrected chi connectivity index (χ0v) is 14.1. The van der Waals surface area contributed by atoms with Gasteiger partial charge in [-0.25, -0.2) is 4.79 Å². The van der Waals surface area contributed by atoms with Crippen LogP contribution in [0.3, 0.4) is 0 Å². The van der Waals surface area contributed by atoms with Gasteiger partial charge in [0.15, 0.2) is 0 Å². The van der Waals surface area contributed by atoms with Gasteiger partial charge >= 0.3 is 5.69 Å². The standard InChI is InChI=1S/C15H19N3O3.BrH/c1-2-17-13-4-3-11(19)9-12(13)14(20)18(15(17)21)10-5-7-16-8-6-10;/h3-4,9-10,16,19H,2,5-8H2,1H3;1H. The van der Waals surface area contributed by atoms with E-state index in [2.05, 4.69) is 5.32 Å². The highest BCUT2D eigenvalue weighted by atomic mass is 79.9. The molecule has 2 heterocycles. The van der Waals surface area contributed by atoms with Crippen molar-refractivity contribution in [3.63, 3.8) is 0 Å². The largest absolute Gasteiger partial charge is 0.508 e. The Morgan fingerprint density at radius 2 is 1.95 bits per heavy atom. The average Bonchev–Trinajstić information content (AvgIpc) is 2.50. The molecule has 0 amide bonds. The van der Waals surface area contributed by atoms with Crippen molar-refractivity contribution in [1.29, 1.82) is 0 Å². The van der Waals surface area contributed by atoms with Crippen LogP contribution < -0.4 is 16.6 Å². The zero-order chi connectivity index (χ0) is 15.0. The van der Waals surface area contributed by atoms with Crippen LogP contribution in [-0.2, 0) is 6.54 Å². The minimum absolute atomic E-state index is 0. The van der Waals surface area contributed by atoms with Crippen LogP contribution in [0.5, 0.6) is 5.75 Å². The van der Waals surface area contributed by atoms with Gasteiger partial charge in [-0.05, 0) is 51.1 Å². The van der Waals surface area contributed by atoms with E-state index in [0.717, 1.165) is 25.9 Å². The minimum Gasteiger partial charge on any atom is -0.508 e.